The first-order valence-corrected chi connectivity index (χ1v) is 14.9. The number of aryl methyl sites for hydroxylation is 1. The van der Waals surface area contributed by atoms with Gasteiger partial charge in [-0.15, -0.1) is 29.3 Å². The van der Waals surface area contributed by atoms with E-state index in [1.54, 1.807) is 19.9 Å². The molecule has 9 nitrogen and oxygen atoms in total. The lowest BCUT2D eigenvalue weighted by Gasteiger charge is -2.11. The summed E-state index contributed by atoms with van der Waals surface area (Å²) in [5.74, 6) is -1.81. The molecule has 0 saturated carbocycles. The summed E-state index contributed by atoms with van der Waals surface area (Å²) in [6.07, 6.45) is 1.60. The first-order chi connectivity index (χ1) is 19.2. The number of benzene rings is 1. The van der Waals surface area contributed by atoms with Crippen LogP contribution in [0.2, 0.25) is 0 Å². The van der Waals surface area contributed by atoms with E-state index in [0.717, 1.165) is 39.8 Å². The summed E-state index contributed by atoms with van der Waals surface area (Å²) in [7, 11) is 1.24. The summed E-state index contributed by atoms with van der Waals surface area (Å²) in [5, 5.41) is 5.71. The molecule has 1 amide bonds. The van der Waals surface area contributed by atoms with Crippen molar-refractivity contribution in [3.05, 3.63) is 74.2 Å². The SMILES string of the molecule is C=CCn1c(SCC(=O)Nc2sc(C(=O)OC)c(C)c2C(=O)OCC)nc2scc(-c3ccc(C)cc3)c2c1=O. The van der Waals surface area contributed by atoms with Crippen LogP contribution in [0.1, 0.15) is 38.1 Å². The minimum atomic E-state index is -0.650. The topological polar surface area (TPSA) is 117 Å². The van der Waals surface area contributed by atoms with E-state index in [4.69, 9.17) is 14.5 Å². The van der Waals surface area contributed by atoms with Crippen molar-refractivity contribution < 1.29 is 23.9 Å². The molecular weight excluding hydrogens is 571 g/mol. The Balaban J connectivity index is 1.62. The highest BCUT2D eigenvalue weighted by Gasteiger charge is 2.27. The Morgan fingerprint density at radius 2 is 1.90 bits per heavy atom. The average Bonchev–Trinajstić information content (AvgIpc) is 3.50. The Morgan fingerprint density at radius 3 is 2.55 bits per heavy atom. The van der Waals surface area contributed by atoms with Crippen LogP contribution in [0.25, 0.3) is 21.3 Å². The summed E-state index contributed by atoms with van der Waals surface area (Å²) >= 11 is 3.40. The predicted molar refractivity (Wildman–Crippen MR) is 160 cm³/mol. The van der Waals surface area contributed by atoms with Gasteiger partial charge in [0.15, 0.2) is 5.16 Å². The monoisotopic (exact) mass is 597 g/mol. The molecule has 0 aliphatic carbocycles. The quantitative estimate of drug-likeness (QED) is 0.107. The van der Waals surface area contributed by atoms with Crippen molar-refractivity contribution in [3.63, 3.8) is 0 Å². The molecule has 0 unspecified atom stereocenters. The lowest BCUT2D eigenvalue weighted by atomic mass is 10.1. The van der Waals surface area contributed by atoms with E-state index < -0.39 is 17.8 Å². The van der Waals surface area contributed by atoms with Crippen LogP contribution in [0.5, 0.6) is 0 Å². The molecule has 0 aliphatic rings. The molecule has 4 rings (SSSR count). The molecule has 0 spiro atoms. The minimum Gasteiger partial charge on any atom is -0.465 e. The fourth-order valence-electron chi connectivity index (χ4n) is 3.98. The lowest BCUT2D eigenvalue weighted by Crippen LogP contribution is -2.23. The van der Waals surface area contributed by atoms with Gasteiger partial charge in [0.05, 0.1) is 30.4 Å². The van der Waals surface area contributed by atoms with Crippen molar-refractivity contribution in [2.24, 2.45) is 0 Å². The van der Waals surface area contributed by atoms with E-state index in [-0.39, 0.29) is 39.9 Å². The predicted octanol–water partition coefficient (Wildman–Crippen LogP) is 5.68. The zero-order valence-corrected chi connectivity index (χ0v) is 24.8. The number of nitrogens with one attached hydrogen (secondary N) is 1. The number of amides is 1. The van der Waals surface area contributed by atoms with Gasteiger partial charge in [0, 0.05) is 17.5 Å². The lowest BCUT2D eigenvalue weighted by molar-refractivity contribution is -0.113. The van der Waals surface area contributed by atoms with E-state index >= 15 is 0 Å². The molecule has 0 aliphatic heterocycles. The number of allylic oxidation sites excluding steroid dienone is 1. The first kappa shape index (κ1) is 29.2. The van der Waals surface area contributed by atoms with E-state index in [1.807, 2.05) is 36.6 Å². The summed E-state index contributed by atoms with van der Waals surface area (Å²) in [6, 6.07) is 7.94. The van der Waals surface area contributed by atoms with Crippen LogP contribution in [0.15, 0.2) is 52.3 Å². The summed E-state index contributed by atoms with van der Waals surface area (Å²) in [6.45, 7) is 9.38. The summed E-state index contributed by atoms with van der Waals surface area (Å²) in [5.41, 5.74) is 3.12. The van der Waals surface area contributed by atoms with Gasteiger partial charge in [0.2, 0.25) is 5.91 Å². The molecular formula is C28H27N3O6S3. The largest absolute Gasteiger partial charge is 0.465 e. The van der Waals surface area contributed by atoms with E-state index in [0.29, 0.717) is 20.9 Å². The Hall–Kier alpha value is -3.74. The molecule has 0 atom stereocenters. The molecule has 3 aromatic heterocycles. The fourth-order valence-corrected chi connectivity index (χ4v) is 6.91. The van der Waals surface area contributed by atoms with E-state index in [1.165, 1.54) is 23.0 Å². The van der Waals surface area contributed by atoms with Gasteiger partial charge < -0.3 is 14.8 Å². The second-order valence-corrected chi connectivity index (χ2v) is 11.4. The number of thioether (sulfide) groups is 1. The van der Waals surface area contributed by atoms with Gasteiger partial charge in [0.1, 0.15) is 14.7 Å². The van der Waals surface area contributed by atoms with Crippen LogP contribution in [-0.4, -0.2) is 46.9 Å². The van der Waals surface area contributed by atoms with Crippen molar-refractivity contribution in [2.45, 2.75) is 32.5 Å². The zero-order chi connectivity index (χ0) is 29.0. The van der Waals surface area contributed by atoms with Gasteiger partial charge in [-0.1, -0.05) is 47.7 Å². The van der Waals surface area contributed by atoms with Gasteiger partial charge in [-0.05, 0) is 31.9 Å². The van der Waals surface area contributed by atoms with Gasteiger partial charge >= 0.3 is 11.9 Å². The molecule has 3 heterocycles. The standard InChI is InChI=1S/C28H27N3O6S3/c1-6-12-31-25(33)21-18(17-10-8-15(3)9-11-17)13-38-23(21)30-28(31)39-14-19(32)29-24-20(26(34)37-7-2)16(4)22(40-24)27(35)36-5/h6,8-11,13H,1,7,12,14H2,2-5H3,(H,29,32). The third-order valence-corrected chi connectivity index (χ3v) is 8.95. The maximum absolute atomic E-state index is 13.6. The van der Waals surface area contributed by atoms with Crippen LogP contribution in [0.3, 0.4) is 0 Å². The molecule has 40 heavy (non-hydrogen) atoms. The van der Waals surface area contributed by atoms with Crippen molar-refractivity contribution in [1.82, 2.24) is 9.55 Å². The summed E-state index contributed by atoms with van der Waals surface area (Å²) < 4.78 is 11.4. The number of esters is 2. The van der Waals surface area contributed by atoms with Crippen LogP contribution in [-0.2, 0) is 20.8 Å². The van der Waals surface area contributed by atoms with E-state index in [9.17, 15) is 19.2 Å². The zero-order valence-electron chi connectivity index (χ0n) is 22.4. The fraction of sp³-hybridized carbons (Fsp3) is 0.250. The summed E-state index contributed by atoms with van der Waals surface area (Å²) in [4.78, 5) is 56.8. The first-order valence-electron chi connectivity index (χ1n) is 12.2. The molecule has 12 heteroatoms. The molecule has 0 bridgehead atoms. The number of nitrogens with zero attached hydrogens (tertiary/aromatic N) is 2. The average molecular weight is 598 g/mol. The number of hydrogen-bond donors (Lipinski definition) is 1. The molecule has 1 aromatic carbocycles. The third kappa shape index (κ3) is 5.88. The number of ether oxygens (including phenoxy) is 2. The highest BCUT2D eigenvalue weighted by Crippen LogP contribution is 2.35. The molecule has 208 valence electrons. The number of fused-ring (bicyclic) bond motifs is 1. The Morgan fingerprint density at radius 1 is 1.18 bits per heavy atom. The Kier molecular flexibility index (Phi) is 9.23. The number of carbonyl (C=O) groups is 3. The van der Waals surface area contributed by atoms with Crippen molar-refractivity contribution in [2.75, 3.05) is 24.8 Å². The maximum Gasteiger partial charge on any atom is 0.348 e. The van der Waals surface area contributed by atoms with Crippen molar-refractivity contribution in [3.8, 4) is 11.1 Å². The molecule has 0 radical (unpaired) electrons. The molecule has 1 N–H and O–H groups in total. The van der Waals surface area contributed by atoms with Crippen molar-refractivity contribution >= 4 is 67.5 Å². The van der Waals surface area contributed by atoms with Crippen LogP contribution < -0.4 is 10.9 Å². The molecule has 0 saturated heterocycles. The number of rotatable bonds is 10. The van der Waals surface area contributed by atoms with Crippen LogP contribution >= 0.6 is 34.4 Å². The Labute approximate surface area is 242 Å². The number of thiophene rings is 2. The highest BCUT2D eigenvalue weighted by molar-refractivity contribution is 7.99. The minimum absolute atomic E-state index is 0.0992. The number of hydrogen-bond acceptors (Lipinski definition) is 10. The number of carbonyl (C=O) groups excluding carboxylic acids is 3. The number of methoxy groups -OCH3 is 1. The van der Waals surface area contributed by atoms with Crippen LogP contribution in [0, 0.1) is 13.8 Å². The van der Waals surface area contributed by atoms with Gasteiger partial charge in [-0.3, -0.25) is 14.2 Å². The smallest absolute Gasteiger partial charge is 0.348 e. The van der Waals surface area contributed by atoms with E-state index in [2.05, 4.69) is 11.9 Å². The Bertz CT molecular complexity index is 1670. The molecule has 0 fully saturated rings. The third-order valence-electron chi connectivity index (χ3n) is 5.92. The van der Waals surface area contributed by atoms with Crippen molar-refractivity contribution in [1.29, 1.82) is 0 Å². The highest BCUT2D eigenvalue weighted by atomic mass is 32.2. The van der Waals surface area contributed by atoms with Gasteiger partial charge in [0.25, 0.3) is 5.56 Å². The normalized spacial score (nSPS) is 10.9. The second-order valence-electron chi connectivity index (χ2n) is 8.60. The van der Waals surface area contributed by atoms with Gasteiger partial charge in [-0.25, -0.2) is 14.6 Å². The second kappa shape index (κ2) is 12.6. The maximum atomic E-state index is 13.6. The number of anilines is 1. The van der Waals surface area contributed by atoms with Crippen LogP contribution in [0.4, 0.5) is 5.00 Å². The number of aromatic nitrogens is 2. The molecule has 4 aromatic rings. The van der Waals surface area contributed by atoms with Gasteiger partial charge in [-0.2, -0.15) is 0 Å².